The minimum absolute atomic E-state index is 0.352. The van der Waals surface area contributed by atoms with Crippen molar-refractivity contribution in [2.75, 3.05) is 13.1 Å². The van der Waals surface area contributed by atoms with Crippen molar-refractivity contribution in [3.05, 3.63) is 33.8 Å². The molecule has 0 amide bonds. The van der Waals surface area contributed by atoms with Crippen molar-refractivity contribution in [1.29, 1.82) is 0 Å². The topological polar surface area (TPSA) is 12.0 Å². The van der Waals surface area contributed by atoms with E-state index < -0.39 is 5.67 Å². The van der Waals surface area contributed by atoms with E-state index in [0.717, 1.165) is 0 Å². The van der Waals surface area contributed by atoms with Crippen LogP contribution in [0.4, 0.5) is 4.39 Å². The van der Waals surface area contributed by atoms with Crippen LogP contribution in [0.25, 0.3) is 0 Å². The van der Waals surface area contributed by atoms with Crippen molar-refractivity contribution in [3.8, 4) is 0 Å². The third-order valence-corrected chi connectivity index (χ3v) is 3.28. The van der Waals surface area contributed by atoms with E-state index in [1.165, 1.54) is 0 Å². The molecule has 1 N–H and O–H groups in total. The SMILES string of the molecule is FC1(c2ccc(Cl)c(Cl)c2)CCNC1. The lowest BCUT2D eigenvalue weighted by Crippen LogP contribution is -2.23. The van der Waals surface area contributed by atoms with Crippen LogP contribution in [-0.2, 0) is 5.67 Å². The van der Waals surface area contributed by atoms with Crippen molar-refractivity contribution < 1.29 is 4.39 Å². The van der Waals surface area contributed by atoms with E-state index in [4.69, 9.17) is 23.2 Å². The Bertz CT molecular complexity index is 348. The highest BCUT2D eigenvalue weighted by molar-refractivity contribution is 6.42. The molecule has 2 rings (SSSR count). The summed E-state index contributed by atoms with van der Waals surface area (Å²) in [6, 6.07) is 4.94. The molecule has 0 radical (unpaired) electrons. The Morgan fingerprint density at radius 3 is 2.64 bits per heavy atom. The second-order valence-electron chi connectivity index (χ2n) is 3.52. The van der Waals surface area contributed by atoms with Gasteiger partial charge in [-0.1, -0.05) is 29.3 Å². The summed E-state index contributed by atoms with van der Waals surface area (Å²) >= 11 is 11.6. The molecule has 4 heteroatoms. The van der Waals surface area contributed by atoms with Crippen LogP contribution >= 0.6 is 23.2 Å². The van der Waals surface area contributed by atoms with Crippen LogP contribution in [-0.4, -0.2) is 13.1 Å². The van der Waals surface area contributed by atoms with Gasteiger partial charge in [0.15, 0.2) is 0 Å². The molecule has 0 aromatic heterocycles. The van der Waals surface area contributed by atoms with Crippen molar-refractivity contribution in [3.63, 3.8) is 0 Å². The number of nitrogens with one attached hydrogen (secondary N) is 1. The Morgan fingerprint density at radius 1 is 1.29 bits per heavy atom. The Hall–Kier alpha value is -0.310. The number of hydrogen-bond acceptors (Lipinski definition) is 1. The Morgan fingerprint density at radius 2 is 2.07 bits per heavy atom. The molecule has 1 aliphatic rings. The first-order valence-electron chi connectivity index (χ1n) is 4.47. The maximum atomic E-state index is 14.2. The van der Waals surface area contributed by atoms with Crippen LogP contribution in [0, 0.1) is 0 Å². The zero-order chi connectivity index (χ0) is 10.2. The standard InChI is InChI=1S/C10H10Cl2FN/c11-8-2-1-7(5-9(8)12)10(13)3-4-14-6-10/h1-2,5,14H,3-4,6H2. The van der Waals surface area contributed by atoms with Crippen LogP contribution in [0.2, 0.25) is 10.0 Å². The molecule has 0 spiro atoms. The van der Waals surface area contributed by atoms with E-state index in [1.54, 1.807) is 18.2 Å². The average molecular weight is 234 g/mol. The lowest BCUT2D eigenvalue weighted by atomic mass is 9.95. The van der Waals surface area contributed by atoms with E-state index in [1.807, 2.05) is 0 Å². The largest absolute Gasteiger partial charge is 0.313 e. The molecule has 0 bridgehead atoms. The van der Waals surface area contributed by atoms with Crippen molar-refractivity contribution in [2.45, 2.75) is 12.1 Å². The molecule has 1 aromatic carbocycles. The smallest absolute Gasteiger partial charge is 0.149 e. The zero-order valence-corrected chi connectivity index (χ0v) is 9.00. The van der Waals surface area contributed by atoms with E-state index in [9.17, 15) is 4.39 Å². The maximum absolute atomic E-state index is 14.2. The lowest BCUT2D eigenvalue weighted by Gasteiger charge is -2.18. The zero-order valence-electron chi connectivity index (χ0n) is 7.49. The summed E-state index contributed by atoms with van der Waals surface area (Å²) in [5.74, 6) is 0. The molecule has 1 aromatic rings. The third kappa shape index (κ3) is 1.74. The maximum Gasteiger partial charge on any atom is 0.149 e. The minimum atomic E-state index is -1.28. The summed E-state index contributed by atoms with van der Waals surface area (Å²) in [5.41, 5.74) is -0.675. The van der Waals surface area contributed by atoms with E-state index >= 15 is 0 Å². The van der Waals surface area contributed by atoms with Gasteiger partial charge in [-0.2, -0.15) is 0 Å². The van der Waals surface area contributed by atoms with Crippen LogP contribution in [0.5, 0.6) is 0 Å². The van der Waals surface area contributed by atoms with Gasteiger partial charge in [-0.05, 0) is 30.7 Å². The summed E-state index contributed by atoms with van der Waals surface area (Å²) in [6.45, 7) is 1.06. The van der Waals surface area contributed by atoms with E-state index in [-0.39, 0.29) is 0 Å². The van der Waals surface area contributed by atoms with Crippen molar-refractivity contribution in [1.82, 2.24) is 5.32 Å². The lowest BCUT2D eigenvalue weighted by molar-refractivity contribution is 0.193. The molecule has 1 nitrogen and oxygen atoms in total. The quantitative estimate of drug-likeness (QED) is 0.786. The fraction of sp³-hybridized carbons (Fsp3) is 0.400. The summed E-state index contributed by atoms with van der Waals surface area (Å²) in [7, 11) is 0. The van der Waals surface area contributed by atoms with Gasteiger partial charge in [-0.15, -0.1) is 0 Å². The molecule has 0 aliphatic carbocycles. The predicted octanol–water partition coefficient (Wildman–Crippen LogP) is 3.15. The number of alkyl halides is 1. The van der Waals surface area contributed by atoms with Gasteiger partial charge >= 0.3 is 0 Å². The van der Waals surface area contributed by atoms with Crippen LogP contribution in [0.15, 0.2) is 18.2 Å². The van der Waals surface area contributed by atoms with Gasteiger partial charge in [0.25, 0.3) is 0 Å². The first-order valence-corrected chi connectivity index (χ1v) is 5.23. The molecule has 1 atom stereocenters. The van der Waals surface area contributed by atoms with Gasteiger partial charge in [-0.25, -0.2) is 4.39 Å². The summed E-state index contributed by atoms with van der Waals surface area (Å²) in [5, 5.41) is 3.87. The Kier molecular flexibility index (Phi) is 2.69. The second-order valence-corrected chi connectivity index (χ2v) is 4.34. The van der Waals surface area contributed by atoms with Gasteiger partial charge in [-0.3, -0.25) is 0 Å². The van der Waals surface area contributed by atoms with Gasteiger partial charge in [0.2, 0.25) is 0 Å². The predicted molar refractivity (Wildman–Crippen MR) is 56.7 cm³/mol. The number of benzene rings is 1. The van der Waals surface area contributed by atoms with Crippen LogP contribution in [0.3, 0.4) is 0 Å². The molecular formula is C10H10Cl2FN. The fourth-order valence-corrected chi connectivity index (χ4v) is 1.98. The fourth-order valence-electron chi connectivity index (χ4n) is 1.68. The highest BCUT2D eigenvalue weighted by Crippen LogP contribution is 2.35. The van der Waals surface area contributed by atoms with Crippen LogP contribution in [0.1, 0.15) is 12.0 Å². The molecule has 76 valence electrons. The molecule has 1 fully saturated rings. The number of halogens is 3. The first kappa shape index (κ1) is 10.2. The summed E-state index contributed by atoms with van der Waals surface area (Å²) in [4.78, 5) is 0. The molecule has 1 aliphatic heterocycles. The average Bonchev–Trinajstić information content (AvgIpc) is 2.58. The first-order chi connectivity index (χ1) is 6.62. The third-order valence-electron chi connectivity index (χ3n) is 2.54. The van der Waals surface area contributed by atoms with E-state index in [2.05, 4.69) is 5.32 Å². The summed E-state index contributed by atoms with van der Waals surface area (Å²) < 4.78 is 14.2. The van der Waals surface area contributed by atoms with Gasteiger partial charge in [0, 0.05) is 6.54 Å². The summed E-state index contributed by atoms with van der Waals surface area (Å²) in [6.07, 6.45) is 0.491. The van der Waals surface area contributed by atoms with Gasteiger partial charge in [0.05, 0.1) is 10.0 Å². The van der Waals surface area contributed by atoms with Gasteiger partial charge in [0.1, 0.15) is 5.67 Å². The van der Waals surface area contributed by atoms with Crippen molar-refractivity contribution in [2.24, 2.45) is 0 Å². The van der Waals surface area contributed by atoms with Crippen LogP contribution < -0.4 is 5.32 Å². The highest BCUT2D eigenvalue weighted by Gasteiger charge is 2.35. The Balaban J connectivity index is 2.36. The highest BCUT2D eigenvalue weighted by atomic mass is 35.5. The second kappa shape index (κ2) is 3.69. The minimum Gasteiger partial charge on any atom is -0.313 e. The van der Waals surface area contributed by atoms with Crippen molar-refractivity contribution >= 4 is 23.2 Å². The molecule has 1 saturated heterocycles. The molecule has 1 unspecified atom stereocenters. The molecule has 0 saturated carbocycles. The molecule has 14 heavy (non-hydrogen) atoms. The Labute approximate surface area is 92.2 Å². The molecular weight excluding hydrogens is 224 g/mol. The number of hydrogen-bond donors (Lipinski definition) is 1. The molecule has 1 heterocycles. The monoisotopic (exact) mass is 233 g/mol. The normalized spacial score (nSPS) is 26.8. The van der Waals surface area contributed by atoms with E-state index in [0.29, 0.717) is 35.1 Å². The van der Waals surface area contributed by atoms with Gasteiger partial charge < -0.3 is 5.32 Å². The number of rotatable bonds is 1.